The van der Waals surface area contributed by atoms with E-state index < -0.39 is 18.5 Å². The summed E-state index contributed by atoms with van der Waals surface area (Å²) < 4.78 is 17.3. The van der Waals surface area contributed by atoms with Gasteiger partial charge in [0.05, 0.1) is 5.02 Å². The first-order chi connectivity index (χ1) is 7.50. The second-order valence-corrected chi connectivity index (χ2v) is 3.04. The fourth-order valence-corrected chi connectivity index (χ4v) is 1.07. The smallest absolute Gasteiger partial charge is 0.341 e. The predicted octanol–water partition coefficient (Wildman–Crippen LogP) is 3.02. The molecule has 16 heavy (non-hydrogen) atoms. The molecule has 1 rings (SSSR count). The van der Waals surface area contributed by atoms with E-state index in [2.05, 4.69) is 9.72 Å². The standard InChI is InChI=1S/C7H4Cl2FNO3.C2H6/c8-3-1-4(9)7(11-6(3)10)14-2-5(12)13;1-2/h1H,2H2,(H,12,13);1-2H3. The van der Waals surface area contributed by atoms with E-state index in [1.807, 2.05) is 13.8 Å². The summed E-state index contributed by atoms with van der Waals surface area (Å²) in [6.45, 7) is 3.35. The minimum atomic E-state index is -1.21. The number of carboxylic acid groups (broad SMARTS) is 1. The van der Waals surface area contributed by atoms with Gasteiger partial charge in [-0.05, 0) is 6.07 Å². The largest absolute Gasteiger partial charge is 0.479 e. The van der Waals surface area contributed by atoms with Crippen LogP contribution in [0.1, 0.15) is 13.8 Å². The van der Waals surface area contributed by atoms with Gasteiger partial charge in [0.15, 0.2) is 6.61 Å². The van der Waals surface area contributed by atoms with Gasteiger partial charge in [0, 0.05) is 0 Å². The number of aliphatic carboxylic acids is 1. The summed E-state index contributed by atoms with van der Waals surface area (Å²) in [5.74, 6) is -2.47. The highest BCUT2D eigenvalue weighted by atomic mass is 35.5. The van der Waals surface area contributed by atoms with E-state index in [4.69, 9.17) is 28.3 Å². The molecule has 0 saturated heterocycles. The zero-order valence-electron chi connectivity index (χ0n) is 8.63. The van der Waals surface area contributed by atoms with Crippen molar-refractivity contribution >= 4 is 29.2 Å². The van der Waals surface area contributed by atoms with Crippen molar-refractivity contribution in [3.05, 3.63) is 22.1 Å². The number of aromatic nitrogens is 1. The maximum Gasteiger partial charge on any atom is 0.341 e. The first-order valence-electron chi connectivity index (χ1n) is 4.37. The molecule has 0 fully saturated rings. The van der Waals surface area contributed by atoms with Crippen molar-refractivity contribution in [3.8, 4) is 5.88 Å². The minimum absolute atomic E-state index is 0.0438. The first kappa shape index (κ1) is 14.9. The average molecular weight is 270 g/mol. The van der Waals surface area contributed by atoms with E-state index in [-0.39, 0.29) is 15.9 Å². The SMILES string of the molecule is CC.O=C(O)COc1nc(F)c(Cl)cc1Cl. The van der Waals surface area contributed by atoms with Crippen LogP contribution in [-0.4, -0.2) is 22.7 Å². The lowest BCUT2D eigenvalue weighted by Crippen LogP contribution is -2.10. The van der Waals surface area contributed by atoms with Crippen LogP contribution in [0.15, 0.2) is 6.07 Å². The number of hydrogen-bond acceptors (Lipinski definition) is 3. The number of ether oxygens (including phenoxy) is 1. The Hall–Kier alpha value is -1.07. The van der Waals surface area contributed by atoms with Gasteiger partial charge in [-0.25, -0.2) is 4.79 Å². The number of carbonyl (C=O) groups is 1. The quantitative estimate of drug-likeness (QED) is 0.857. The molecule has 90 valence electrons. The lowest BCUT2D eigenvalue weighted by molar-refractivity contribution is -0.139. The minimum Gasteiger partial charge on any atom is -0.479 e. The molecule has 0 atom stereocenters. The Morgan fingerprint density at radius 1 is 1.50 bits per heavy atom. The maximum atomic E-state index is 12.8. The molecular formula is C9H10Cl2FNO3. The molecule has 0 radical (unpaired) electrons. The predicted molar refractivity (Wildman–Crippen MR) is 58.7 cm³/mol. The number of carboxylic acids is 1. The van der Waals surface area contributed by atoms with Crippen molar-refractivity contribution in [1.82, 2.24) is 4.98 Å². The van der Waals surface area contributed by atoms with Crippen LogP contribution in [-0.2, 0) is 4.79 Å². The normalized spacial score (nSPS) is 9.06. The van der Waals surface area contributed by atoms with E-state index in [1.165, 1.54) is 0 Å². The van der Waals surface area contributed by atoms with Gasteiger partial charge in [0.25, 0.3) is 0 Å². The molecule has 0 aliphatic rings. The van der Waals surface area contributed by atoms with E-state index in [0.29, 0.717) is 0 Å². The van der Waals surface area contributed by atoms with E-state index >= 15 is 0 Å². The fraction of sp³-hybridized carbons (Fsp3) is 0.333. The molecule has 1 N–H and O–H groups in total. The number of rotatable bonds is 3. The third-order valence-corrected chi connectivity index (χ3v) is 1.72. The number of pyridine rings is 1. The van der Waals surface area contributed by atoms with Crippen molar-refractivity contribution in [2.45, 2.75) is 13.8 Å². The Morgan fingerprint density at radius 2 is 2.06 bits per heavy atom. The molecule has 1 aromatic rings. The van der Waals surface area contributed by atoms with Gasteiger partial charge in [-0.1, -0.05) is 37.0 Å². The molecule has 0 unspecified atom stereocenters. The van der Waals surface area contributed by atoms with Crippen LogP contribution in [0, 0.1) is 5.95 Å². The van der Waals surface area contributed by atoms with Crippen LogP contribution < -0.4 is 4.74 Å². The van der Waals surface area contributed by atoms with Crippen LogP contribution in [0.25, 0.3) is 0 Å². The van der Waals surface area contributed by atoms with E-state index in [9.17, 15) is 9.18 Å². The van der Waals surface area contributed by atoms with Crippen LogP contribution in [0.2, 0.25) is 10.0 Å². The summed E-state index contributed by atoms with van der Waals surface area (Å²) in [4.78, 5) is 13.3. The zero-order valence-corrected chi connectivity index (χ0v) is 10.1. The number of nitrogens with zero attached hydrogens (tertiary/aromatic N) is 1. The summed E-state index contributed by atoms with van der Waals surface area (Å²) in [6, 6.07) is 1.09. The van der Waals surface area contributed by atoms with Crippen molar-refractivity contribution in [2.75, 3.05) is 6.61 Å². The summed E-state index contributed by atoms with van der Waals surface area (Å²) in [5.41, 5.74) is 0. The first-order valence-corrected chi connectivity index (χ1v) is 5.12. The van der Waals surface area contributed by atoms with Crippen LogP contribution in [0.3, 0.4) is 0 Å². The maximum absolute atomic E-state index is 12.8. The molecule has 0 aliphatic heterocycles. The van der Waals surface area contributed by atoms with Crippen LogP contribution in [0.4, 0.5) is 4.39 Å². The Balaban J connectivity index is 0.00000106. The Kier molecular flexibility index (Phi) is 6.76. The summed E-state index contributed by atoms with van der Waals surface area (Å²) >= 11 is 10.9. The summed E-state index contributed by atoms with van der Waals surface area (Å²) in [7, 11) is 0. The second kappa shape index (κ2) is 7.24. The van der Waals surface area contributed by atoms with E-state index in [1.54, 1.807) is 0 Å². The van der Waals surface area contributed by atoms with Crippen molar-refractivity contribution in [1.29, 1.82) is 0 Å². The second-order valence-electron chi connectivity index (χ2n) is 2.23. The van der Waals surface area contributed by atoms with Crippen molar-refractivity contribution in [3.63, 3.8) is 0 Å². The van der Waals surface area contributed by atoms with Crippen molar-refractivity contribution in [2.24, 2.45) is 0 Å². The molecule has 0 amide bonds. The highest BCUT2D eigenvalue weighted by Gasteiger charge is 2.11. The Labute approximate surface area is 102 Å². The van der Waals surface area contributed by atoms with Gasteiger partial charge < -0.3 is 9.84 Å². The number of hydrogen-bond donors (Lipinski definition) is 1. The molecular weight excluding hydrogens is 260 g/mol. The molecule has 0 saturated carbocycles. The van der Waals surface area contributed by atoms with Crippen LogP contribution in [0.5, 0.6) is 5.88 Å². The summed E-state index contributed by atoms with van der Waals surface area (Å²) in [6.07, 6.45) is 0. The average Bonchev–Trinajstić information content (AvgIpc) is 2.24. The van der Waals surface area contributed by atoms with Crippen LogP contribution >= 0.6 is 23.2 Å². The zero-order chi connectivity index (χ0) is 12.7. The Bertz CT molecular complexity index is 374. The lowest BCUT2D eigenvalue weighted by Gasteiger charge is -2.04. The third-order valence-electron chi connectivity index (χ3n) is 1.19. The molecule has 0 aliphatic carbocycles. The molecule has 0 spiro atoms. The molecule has 7 heteroatoms. The van der Waals surface area contributed by atoms with Gasteiger partial charge in [-0.2, -0.15) is 9.37 Å². The van der Waals surface area contributed by atoms with E-state index in [0.717, 1.165) is 6.07 Å². The molecule has 1 aromatic heterocycles. The monoisotopic (exact) mass is 269 g/mol. The number of halogens is 3. The van der Waals surface area contributed by atoms with Crippen molar-refractivity contribution < 1.29 is 19.0 Å². The molecule has 0 aromatic carbocycles. The van der Waals surface area contributed by atoms with Gasteiger partial charge in [0.2, 0.25) is 11.8 Å². The van der Waals surface area contributed by atoms with Gasteiger partial charge >= 0.3 is 5.97 Å². The topological polar surface area (TPSA) is 59.4 Å². The summed E-state index contributed by atoms with van der Waals surface area (Å²) in [5, 5.41) is 7.98. The lowest BCUT2D eigenvalue weighted by atomic mass is 10.5. The Morgan fingerprint density at radius 3 is 2.56 bits per heavy atom. The molecule has 0 bridgehead atoms. The fourth-order valence-electron chi connectivity index (χ4n) is 0.660. The van der Waals surface area contributed by atoms with Gasteiger partial charge in [0.1, 0.15) is 5.02 Å². The van der Waals surface area contributed by atoms with Gasteiger partial charge in [-0.3, -0.25) is 0 Å². The highest BCUT2D eigenvalue weighted by molar-refractivity contribution is 6.35. The van der Waals surface area contributed by atoms with Gasteiger partial charge in [-0.15, -0.1) is 0 Å². The highest BCUT2D eigenvalue weighted by Crippen LogP contribution is 2.26. The third kappa shape index (κ3) is 4.63. The molecule has 4 nitrogen and oxygen atoms in total. The molecule has 1 heterocycles.